The minimum absolute atomic E-state index is 0.0950. The molecule has 2 rings (SSSR count). The van der Waals surface area contributed by atoms with Gasteiger partial charge in [-0.05, 0) is 48.6 Å². The Labute approximate surface area is 89.1 Å². The van der Waals surface area contributed by atoms with Gasteiger partial charge in [0.05, 0.1) is 11.7 Å². The van der Waals surface area contributed by atoms with E-state index in [0.29, 0.717) is 6.54 Å². The number of hydrogen-bond acceptors (Lipinski definition) is 3. The summed E-state index contributed by atoms with van der Waals surface area (Å²) in [6, 6.07) is 2.16. The van der Waals surface area contributed by atoms with E-state index in [1.807, 2.05) is 0 Å². The van der Waals surface area contributed by atoms with Crippen LogP contribution in [0.4, 0.5) is 0 Å². The van der Waals surface area contributed by atoms with Crippen LogP contribution in [0.1, 0.15) is 31.7 Å². The molecular formula is C11H17NOS. The van der Waals surface area contributed by atoms with Gasteiger partial charge in [0.2, 0.25) is 0 Å². The molecule has 0 amide bonds. The van der Waals surface area contributed by atoms with Crippen molar-refractivity contribution in [3.8, 4) is 0 Å². The Hall–Kier alpha value is -0.380. The van der Waals surface area contributed by atoms with Gasteiger partial charge in [-0.2, -0.15) is 11.3 Å². The summed E-state index contributed by atoms with van der Waals surface area (Å²) in [5, 5.41) is 4.29. The molecule has 2 N–H and O–H groups in total. The summed E-state index contributed by atoms with van der Waals surface area (Å²) in [7, 11) is 0. The number of nitrogens with two attached hydrogens (primary N) is 1. The number of rotatable bonds is 2. The molecule has 1 saturated heterocycles. The van der Waals surface area contributed by atoms with Crippen LogP contribution in [-0.2, 0) is 10.3 Å². The van der Waals surface area contributed by atoms with Crippen molar-refractivity contribution in [2.24, 2.45) is 5.73 Å². The van der Waals surface area contributed by atoms with Gasteiger partial charge in [0.15, 0.2) is 0 Å². The molecule has 2 nitrogen and oxygen atoms in total. The summed E-state index contributed by atoms with van der Waals surface area (Å²) in [6.07, 6.45) is 3.68. The molecule has 0 aliphatic carbocycles. The lowest BCUT2D eigenvalue weighted by Gasteiger charge is -2.38. The van der Waals surface area contributed by atoms with Crippen LogP contribution >= 0.6 is 11.3 Å². The molecule has 0 radical (unpaired) electrons. The first-order valence-corrected chi connectivity index (χ1v) is 6.09. The molecule has 14 heavy (non-hydrogen) atoms. The van der Waals surface area contributed by atoms with Gasteiger partial charge in [-0.1, -0.05) is 0 Å². The van der Waals surface area contributed by atoms with Gasteiger partial charge >= 0.3 is 0 Å². The van der Waals surface area contributed by atoms with Gasteiger partial charge in [-0.3, -0.25) is 0 Å². The van der Waals surface area contributed by atoms with Gasteiger partial charge in [0, 0.05) is 6.54 Å². The predicted molar refractivity (Wildman–Crippen MR) is 59.4 cm³/mol. The normalized spacial score (nSPS) is 33.1. The lowest BCUT2D eigenvalue weighted by molar-refractivity contribution is -0.118. The predicted octanol–water partition coefficient (Wildman–Crippen LogP) is 2.49. The van der Waals surface area contributed by atoms with Crippen LogP contribution in [0.2, 0.25) is 0 Å². The third kappa shape index (κ3) is 1.85. The summed E-state index contributed by atoms with van der Waals surface area (Å²) in [5.74, 6) is 0. The van der Waals surface area contributed by atoms with Crippen LogP contribution in [0.5, 0.6) is 0 Å². The zero-order valence-electron chi connectivity index (χ0n) is 8.53. The molecule has 0 spiro atoms. The maximum Gasteiger partial charge on any atom is 0.0915 e. The van der Waals surface area contributed by atoms with Crippen molar-refractivity contribution < 1.29 is 4.74 Å². The number of hydrogen-bond donors (Lipinski definition) is 1. The number of thiophene rings is 1. The molecule has 1 aromatic heterocycles. The molecule has 2 atom stereocenters. The lowest BCUT2D eigenvalue weighted by atomic mass is 9.88. The topological polar surface area (TPSA) is 35.2 Å². The molecule has 1 aromatic rings. The molecule has 78 valence electrons. The van der Waals surface area contributed by atoms with E-state index in [2.05, 4.69) is 23.8 Å². The smallest absolute Gasteiger partial charge is 0.0915 e. The van der Waals surface area contributed by atoms with E-state index in [1.165, 1.54) is 12.0 Å². The summed E-state index contributed by atoms with van der Waals surface area (Å²) in [6.45, 7) is 2.82. The largest absolute Gasteiger partial charge is 0.366 e. The molecule has 3 heteroatoms. The van der Waals surface area contributed by atoms with E-state index >= 15 is 0 Å². The van der Waals surface area contributed by atoms with Crippen LogP contribution in [-0.4, -0.2) is 12.6 Å². The first kappa shape index (κ1) is 10.1. The highest BCUT2D eigenvalue weighted by Crippen LogP contribution is 2.37. The molecular weight excluding hydrogens is 194 g/mol. The third-order valence-corrected chi connectivity index (χ3v) is 3.68. The van der Waals surface area contributed by atoms with E-state index in [1.54, 1.807) is 11.3 Å². The van der Waals surface area contributed by atoms with E-state index in [0.717, 1.165) is 12.8 Å². The molecule has 0 bridgehead atoms. The highest BCUT2D eigenvalue weighted by molar-refractivity contribution is 7.08. The average molecular weight is 211 g/mol. The minimum Gasteiger partial charge on any atom is -0.366 e. The van der Waals surface area contributed by atoms with Gasteiger partial charge in [-0.15, -0.1) is 0 Å². The van der Waals surface area contributed by atoms with Crippen molar-refractivity contribution >= 4 is 11.3 Å². The van der Waals surface area contributed by atoms with Gasteiger partial charge in [0.1, 0.15) is 0 Å². The third-order valence-electron chi connectivity index (χ3n) is 3.00. The van der Waals surface area contributed by atoms with Crippen LogP contribution in [0.15, 0.2) is 16.8 Å². The van der Waals surface area contributed by atoms with Crippen LogP contribution in [0, 0.1) is 0 Å². The van der Waals surface area contributed by atoms with Gasteiger partial charge in [0.25, 0.3) is 0 Å². The number of ether oxygens (including phenoxy) is 1. The Morgan fingerprint density at radius 2 is 2.57 bits per heavy atom. The highest BCUT2D eigenvalue weighted by Gasteiger charge is 2.34. The Balaban J connectivity index is 2.15. The zero-order valence-corrected chi connectivity index (χ0v) is 9.35. The first-order chi connectivity index (χ1) is 6.74. The second-order valence-corrected chi connectivity index (χ2v) is 4.89. The van der Waals surface area contributed by atoms with E-state index < -0.39 is 0 Å². The van der Waals surface area contributed by atoms with Crippen LogP contribution < -0.4 is 5.73 Å². The Morgan fingerprint density at radius 3 is 3.21 bits per heavy atom. The standard InChI is InChI=1S/C11H17NOS/c1-11(9-4-6-14-8-9)5-2-3-10(7-12)13-11/h4,6,8,10H,2-3,5,7,12H2,1H3. The molecule has 1 fully saturated rings. The Kier molecular flexibility index (Phi) is 2.91. The first-order valence-electron chi connectivity index (χ1n) is 5.15. The minimum atomic E-state index is -0.0950. The van der Waals surface area contributed by atoms with Crippen LogP contribution in [0.3, 0.4) is 0 Å². The van der Waals surface area contributed by atoms with Crippen molar-refractivity contribution in [2.45, 2.75) is 37.9 Å². The quantitative estimate of drug-likeness (QED) is 0.815. The maximum absolute atomic E-state index is 6.05. The SMILES string of the molecule is CC1(c2ccsc2)CCCC(CN)O1. The molecule has 2 unspecified atom stereocenters. The van der Waals surface area contributed by atoms with Crippen molar-refractivity contribution in [1.29, 1.82) is 0 Å². The van der Waals surface area contributed by atoms with Crippen molar-refractivity contribution in [3.05, 3.63) is 22.4 Å². The monoisotopic (exact) mass is 211 g/mol. The summed E-state index contributed by atoms with van der Waals surface area (Å²) in [4.78, 5) is 0. The van der Waals surface area contributed by atoms with Crippen LogP contribution in [0.25, 0.3) is 0 Å². The fraction of sp³-hybridized carbons (Fsp3) is 0.636. The molecule has 0 aromatic carbocycles. The second-order valence-electron chi connectivity index (χ2n) is 4.11. The highest BCUT2D eigenvalue weighted by atomic mass is 32.1. The second kappa shape index (κ2) is 4.01. The van der Waals surface area contributed by atoms with Crippen molar-refractivity contribution in [1.82, 2.24) is 0 Å². The van der Waals surface area contributed by atoms with E-state index in [4.69, 9.17) is 10.5 Å². The Bertz CT molecular complexity index is 285. The average Bonchev–Trinajstić information content (AvgIpc) is 2.71. The molecule has 1 aliphatic heterocycles. The molecule has 0 saturated carbocycles. The lowest BCUT2D eigenvalue weighted by Crippen LogP contribution is -2.39. The van der Waals surface area contributed by atoms with Crippen molar-refractivity contribution in [2.75, 3.05) is 6.54 Å². The van der Waals surface area contributed by atoms with E-state index in [9.17, 15) is 0 Å². The summed E-state index contributed by atoms with van der Waals surface area (Å²) in [5.41, 5.74) is 6.87. The summed E-state index contributed by atoms with van der Waals surface area (Å²) >= 11 is 1.73. The van der Waals surface area contributed by atoms with Gasteiger partial charge in [-0.25, -0.2) is 0 Å². The zero-order chi connectivity index (χ0) is 10.0. The van der Waals surface area contributed by atoms with Crippen molar-refractivity contribution in [3.63, 3.8) is 0 Å². The molecule has 1 aliphatic rings. The Morgan fingerprint density at radius 1 is 1.71 bits per heavy atom. The molecule has 2 heterocycles. The summed E-state index contributed by atoms with van der Waals surface area (Å²) < 4.78 is 6.05. The fourth-order valence-electron chi connectivity index (χ4n) is 2.10. The fourth-order valence-corrected chi connectivity index (χ4v) is 2.87. The van der Waals surface area contributed by atoms with E-state index in [-0.39, 0.29) is 11.7 Å². The van der Waals surface area contributed by atoms with Gasteiger partial charge < -0.3 is 10.5 Å². The maximum atomic E-state index is 6.05.